The van der Waals surface area contributed by atoms with Crippen LogP contribution in [0, 0.1) is 11.3 Å². The quantitative estimate of drug-likeness (QED) is 0.666. The summed E-state index contributed by atoms with van der Waals surface area (Å²) in [7, 11) is 0. The fourth-order valence-electron chi connectivity index (χ4n) is 4.34. The Bertz CT molecular complexity index is 1100. The summed E-state index contributed by atoms with van der Waals surface area (Å²) in [5, 5.41) is 27.3. The molecular formula is C25H30N4O3. The Balaban J connectivity index is 1.56. The number of nitriles is 1. The van der Waals surface area contributed by atoms with Crippen molar-refractivity contribution >= 4 is 5.57 Å². The summed E-state index contributed by atoms with van der Waals surface area (Å²) in [5.74, 6) is 1.51. The minimum atomic E-state index is -0.739. The first kappa shape index (κ1) is 22.3. The van der Waals surface area contributed by atoms with Crippen LogP contribution in [0.4, 0.5) is 0 Å². The van der Waals surface area contributed by atoms with Gasteiger partial charge < -0.3 is 19.7 Å². The highest BCUT2D eigenvalue weighted by molar-refractivity contribution is 5.79. The summed E-state index contributed by atoms with van der Waals surface area (Å²) in [6.45, 7) is 8.03. The first-order chi connectivity index (χ1) is 15.2. The summed E-state index contributed by atoms with van der Waals surface area (Å²) in [6.07, 6.45) is 6.07. The molecule has 2 N–H and O–H groups in total. The maximum atomic E-state index is 10.1. The van der Waals surface area contributed by atoms with Crippen molar-refractivity contribution in [2.45, 2.75) is 71.1 Å². The van der Waals surface area contributed by atoms with Gasteiger partial charge in [0.1, 0.15) is 11.8 Å². The Kier molecular flexibility index (Phi) is 6.18. The molecule has 1 heterocycles. The minimum Gasteiger partial charge on any atom is -0.490 e. The van der Waals surface area contributed by atoms with Crippen molar-refractivity contribution in [3.63, 3.8) is 0 Å². The minimum absolute atomic E-state index is 0.0168. The molecule has 0 radical (unpaired) electrons. The number of allylic oxidation sites excluding steroid dienone is 3. The van der Waals surface area contributed by atoms with Gasteiger partial charge in [0.15, 0.2) is 0 Å². The predicted octanol–water partition coefficient (Wildman–Crippen LogP) is 4.39. The van der Waals surface area contributed by atoms with Gasteiger partial charge in [0.25, 0.3) is 5.89 Å². The molecule has 1 unspecified atom stereocenters. The largest absolute Gasteiger partial charge is 0.490 e. The van der Waals surface area contributed by atoms with Gasteiger partial charge in [-0.05, 0) is 82.7 Å². The molecule has 0 amide bonds. The molecule has 1 atom stereocenters. The third kappa shape index (κ3) is 4.77. The zero-order valence-corrected chi connectivity index (χ0v) is 19.1. The monoisotopic (exact) mass is 434 g/mol. The lowest BCUT2D eigenvalue weighted by Gasteiger charge is -2.24. The summed E-state index contributed by atoms with van der Waals surface area (Å²) in [6, 6.07) is 7.79. The highest BCUT2D eigenvalue weighted by atomic mass is 16.5. The second-order valence-electron chi connectivity index (χ2n) is 9.36. The average molecular weight is 435 g/mol. The third-order valence-electron chi connectivity index (χ3n) is 5.74. The van der Waals surface area contributed by atoms with Gasteiger partial charge >= 0.3 is 0 Å². The van der Waals surface area contributed by atoms with Crippen LogP contribution in [-0.2, 0) is 0 Å². The molecule has 0 saturated heterocycles. The number of nitrogens with zero attached hydrogens (tertiary/aromatic N) is 3. The molecule has 2 aliphatic carbocycles. The zero-order chi connectivity index (χ0) is 22.9. The summed E-state index contributed by atoms with van der Waals surface area (Å²) < 4.78 is 11.3. The second kappa shape index (κ2) is 8.89. The van der Waals surface area contributed by atoms with Crippen LogP contribution in [0.25, 0.3) is 17.0 Å². The molecule has 0 bridgehead atoms. The zero-order valence-electron chi connectivity index (χ0n) is 19.1. The fraction of sp³-hybridized carbons (Fsp3) is 0.480. The SMILES string of the molecule is CC(C)Oc1ccc(-c2nc(C3=CCCC4=C3CCC4NCC(C)(C)O)no2)cc1C#N. The van der Waals surface area contributed by atoms with E-state index in [1.807, 2.05) is 33.8 Å². The maximum Gasteiger partial charge on any atom is 0.258 e. The Hall–Kier alpha value is -2.95. The lowest BCUT2D eigenvalue weighted by atomic mass is 9.91. The van der Waals surface area contributed by atoms with Crippen LogP contribution in [-0.4, -0.2) is 39.5 Å². The first-order valence-electron chi connectivity index (χ1n) is 11.2. The van der Waals surface area contributed by atoms with Crippen LogP contribution in [0.3, 0.4) is 0 Å². The number of hydrogen-bond acceptors (Lipinski definition) is 7. The number of nitrogens with one attached hydrogen (secondary N) is 1. The topological polar surface area (TPSA) is 104 Å². The van der Waals surface area contributed by atoms with E-state index in [2.05, 4.69) is 27.6 Å². The van der Waals surface area contributed by atoms with Gasteiger partial charge in [-0.25, -0.2) is 0 Å². The maximum absolute atomic E-state index is 10.1. The molecule has 7 nitrogen and oxygen atoms in total. The Morgan fingerprint density at radius 3 is 2.88 bits per heavy atom. The number of aliphatic hydroxyl groups is 1. The van der Waals surface area contributed by atoms with Crippen LogP contribution in [0.1, 0.15) is 64.8 Å². The molecule has 0 saturated carbocycles. The van der Waals surface area contributed by atoms with Gasteiger partial charge in [0, 0.05) is 23.7 Å². The van der Waals surface area contributed by atoms with Crippen LogP contribution >= 0.6 is 0 Å². The molecule has 4 rings (SSSR count). The van der Waals surface area contributed by atoms with Crippen LogP contribution < -0.4 is 10.1 Å². The van der Waals surface area contributed by atoms with E-state index < -0.39 is 5.60 Å². The molecule has 168 valence electrons. The van der Waals surface area contributed by atoms with E-state index in [0.717, 1.165) is 31.3 Å². The van der Waals surface area contributed by atoms with Gasteiger partial charge in [0.05, 0.1) is 17.3 Å². The molecule has 7 heteroatoms. The Labute approximate surface area is 188 Å². The summed E-state index contributed by atoms with van der Waals surface area (Å²) in [5.41, 5.74) is 4.11. The smallest absolute Gasteiger partial charge is 0.258 e. The molecule has 0 aliphatic heterocycles. The lowest BCUT2D eigenvalue weighted by molar-refractivity contribution is 0.0775. The van der Waals surface area contributed by atoms with Crippen molar-refractivity contribution in [2.24, 2.45) is 0 Å². The van der Waals surface area contributed by atoms with Gasteiger partial charge in [0.2, 0.25) is 5.82 Å². The van der Waals surface area contributed by atoms with E-state index in [1.54, 1.807) is 12.1 Å². The van der Waals surface area contributed by atoms with Crippen LogP contribution in [0.5, 0.6) is 5.75 Å². The number of aromatic nitrogens is 2. The highest BCUT2D eigenvalue weighted by Gasteiger charge is 2.31. The molecule has 32 heavy (non-hydrogen) atoms. The number of hydrogen-bond donors (Lipinski definition) is 2. The number of benzene rings is 1. The number of ether oxygens (including phenoxy) is 1. The Morgan fingerprint density at radius 2 is 2.16 bits per heavy atom. The van der Waals surface area contributed by atoms with Gasteiger partial charge in [-0.2, -0.15) is 10.2 Å². The summed E-state index contributed by atoms with van der Waals surface area (Å²) in [4.78, 5) is 4.65. The van der Waals surface area contributed by atoms with Gasteiger partial charge in [-0.1, -0.05) is 11.2 Å². The van der Waals surface area contributed by atoms with E-state index in [9.17, 15) is 10.4 Å². The van der Waals surface area contributed by atoms with E-state index in [-0.39, 0.29) is 12.1 Å². The van der Waals surface area contributed by atoms with E-state index in [1.165, 1.54) is 11.1 Å². The van der Waals surface area contributed by atoms with Crippen molar-refractivity contribution in [1.29, 1.82) is 5.26 Å². The molecule has 0 fully saturated rings. The van der Waals surface area contributed by atoms with Crippen molar-refractivity contribution in [3.8, 4) is 23.3 Å². The van der Waals surface area contributed by atoms with E-state index in [0.29, 0.717) is 35.1 Å². The fourth-order valence-corrected chi connectivity index (χ4v) is 4.34. The molecule has 2 aliphatic rings. The standard InChI is InChI=1S/C25H30N4O3/c1-15(2)31-22-11-8-16(12-17(22)13-26)24-28-23(29-32-24)20-7-5-6-19-18(20)9-10-21(19)27-14-25(3,4)30/h7-8,11-12,15,21,27,30H,5-6,9-10,14H2,1-4H3. The molecule has 0 spiro atoms. The molecular weight excluding hydrogens is 404 g/mol. The highest BCUT2D eigenvalue weighted by Crippen LogP contribution is 2.41. The van der Waals surface area contributed by atoms with Crippen LogP contribution in [0.2, 0.25) is 0 Å². The molecule has 1 aromatic heterocycles. The van der Waals surface area contributed by atoms with Crippen molar-refractivity contribution in [2.75, 3.05) is 6.54 Å². The second-order valence-corrected chi connectivity index (χ2v) is 9.36. The van der Waals surface area contributed by atoms with Crippen molar-refractivity contribution in [3.05, 3.63) is 46.8 Å². The van der Waals surface area contributed by atoms with Gasteiger partial charge in [-0.3, -0.25) is 0 Å². The lowest BCUT2D eigenvalue weighted by Crippen LogP contribution is -2.40. The van der Waals surface area contributed by atoms with Crippen molar-refractivity contribution < 1.29 is 14.4 Å². The Morgan fingerprint density at radius 1 is 1.34 bits per heavy atom. The van der Waals surface area contributed by atoms with Gasteiger partial charge in [-0.15, -0.1) is 0 Å². The predicted molar refractivity (Wildman–Crippen MR) is 122 cm³/mol. The molecule has 2 aromatic rings. The molecule has 1 aromatic carbocycles. The van der Waals surface area contributed by atoms with E-state index >= 15 is 0 Å². The average Bonchev–Trinajstić information content (AvgIpc) is 3.39. The number of rotatable bonds is 7. The van der Waals surface area contributed by atoms with Crippen LogP contribution in [0.15, 0.2) is 39.9 Å². The normalized spacial score (nSPS) is 18.5. The third-order valence-corrected chi connectivity index (χ3v) is 5.74. The summed E-state index contributed by atoms with van der Waals surface area (Å²) >= 11 is 0. The first-order valence-corrected chi connectivity index (χ1v) is 11.2. The van der Waals surface area contributed by atoms with E-state index in [4.69, 9.17) is 9.26 Å². The van der Waals surface area contributed by atoms with Crippen molar-refractivity contribution in [1.82, 2.24) is 15.5 Å².